The van der Waals surface area contributed by atoms with Crippen molar-refractivity contribution in [3.8, 4) is 0 Å². The average molecular weight is 302 g/mol. The zero-order valence-corrected chi connectivity index (χ0v) is 12.7. The normalized spacial score (nSPS) is 11.9. The van der Waals surface area contributed by atoms with Gasteiger partial charge in [-0.1, -0.05) is 29.3 Å². The van der Waals surface area contributed by atoms with E-state index in [2.05, 4.69) is 0 Å². The second kappa shape index (κ2) is 6.42. The summed E-state index contributed by atoms with van der Waals surface area (Å²) in [6.07, 6.45) is 2.96. The minimum absolute atomic E-state index is 0.224. The summed E-state index contributed by atoms with van der Waals surface area (Å²) in [6, 6.07) is 5.15. The van der Waals surface area contributed by atoms with Gasteiger partial charge in [-0.15, -0.1) is 0 Å². The second-order valence-corrected chi connectivity index (χ2v) is 5.79. The minimum Gasteiger partial charge on any atom is -0.389 e. The van der Waals surface area contributed by atoms with Gasteiger partial charge in [0, 0.05) is 35.3 Å². The number of amides is 1. The Balaban J connectivity index is 2.79. The van der Waals surface area contributed by atoms with E-state index in [-0.39, 0.29) is 12.5 Å². The van der Waals surface area contributed by atoms with Gasteiger partial charge >= 0.3 is 0 Å². The Morgan fingerprint density at radius 3 is 2.37 bits per heavy atom. The molecule has 3 nitrogen and oxygen atoms in total. The molecule has 104 valence electrons. The molecular weight excluding hydrogens is 285 g/mol. The van der Waals surface area contributed by atoms with Crippen molar-refractivity contribution in [1.29, 1.82) is 0 Å². The van der Waals surface area contributed by atoms with Gasteiger partial charge < -0.3 is 10.0 Å². The number of hydrogen-bond donors (Lipinski definition) is 1. The smallest absolute Gasteiger partial charge is 0.246 e. The molecule has 0 aliphatic rings. The lowest BCUT2D eigenvalue weighted by Gasteiger charge is -2.24. The van der Waals surface area contributed by atoms with E-state index in [4.69, 9.17) is 23.2 Å². The summed E-state index contributed by atoms with van der Waals surface area (Å²) < 4.78 is 0. The van der Waals surface area contributed by atoms with Crippen molar-refractivity contribution in [1.82, 2.24) is 4.90 Å². The van der Waals surface area contributed by atoms with Crippen LogP contribution < -0.4 is 0 Å². The molecule has 0 aliphatic heterocycles. The van der Waals surface area contributed by atoms with Gasteiger partial charge in [0.05, 0.1) is 5.60 Å². The molecule has 0 bridgehead atoms. The number of likely N-dealkylation sites (N-methyl/N-ethyl adjacent to an activating group) is 1. The fraction of sp³-hybridized carbons (Fsp3) is 0.357. The van der Waals surface area contributed by atoms with E-state index in [1.54, 1.807) is 45.2 Å². The van der Waals surface area contributed by atoms with Crippen LogP contribution in [0.4, 0.5) is 0 Å². The van der Waals surface area contributed by atoms with Crippen LogP contribution in [0.15, 0.2) is 24.3 Å². The van der Waals surface area contributed by atoms with E-state index in [0.29, 0.717) is 15.6 Å². The van der Waals surface area contributed by atoms with Gasteiger partial charge in [-0.2, -0.15) is 0 Å². The van der Waals surface area contributed by atoms with Crippen molar-refractivity contribution in [2.24, 2.45) is 0 Å². The van der Waals surface area contributed by atoms with E-state index in [0.717, 1.165) is 0 Å². The zero-order valence-electron chi connectivity index (χ0n) is 11.2. The number of carbonyl (C=O) groups is 1. The van der Waals surface area contributed by atoms with E-state index in [9.17, 15) is 9.90 Å². The molecule has 0 aromatic heterocycles. The predicted molar refractivity (Wildman–Crippen MR) is 79.4 cm³/mol. The molecule has 1 aromatic rings. The number of nitrogens with zero attached hydrogens (tertiary/aromatic N) is 1. The van der Waals surface area contributed by atoms with Crippen LogP contribution in [-0.4, -0.2) is 35.1 Å². The van der Waals surface area contributed by atoms with Crippen molar-refractivity contribution < 1.29 is 9.90 Å². The Bertz CT molecular complexity index is 472. The maximum Gasteiger partial charge on any atom is 0.246 e. The summed E-state index contributed by atoms with van der Waals surface area (Å²) >= 11 is 12.0. The van der Waals surface area contributed by atoms with Crippen LogP contribution in [0, 0.1) is 0 Å². The van der Waals surface area contributed by atoms with Crippen LogP contribution in [0.3, 0.4) is 0 Å². The quantitative estimate of drug-likeness (QED) is 0.867. The highest BCUT2D eigenvalue weighted by Gasteiger charge is 2.17. The van der Waals surface area contributed by atoms with Crippen LogP contribution in [-0.2, 0) is 4.79 Å². The van der Waals surface area contributed by atoms with Crippen molar-refractivity contribution in [2.45, 2.75) is 19.4 Å². The maximum absolute atomic E-state index is 11.9. The monoisotopic (exact) mass is 301 g/mol. The molecule has 5 heteroatoms. The highest BCUT2D eigenvalue weighted by Crippen LogP contribution is 2.25. The molecule has 0 saturated heterocycles. The van der Waals surface area contributed by atoms with Crippen LogP contribution in [0.1, 0.15) is 19.4 Å². The fourth-order valence-corrected chi connectivity index (χ4v) is 2.13. The van der Waals surface area contributed by atoms with E-state index in [1.807, 2.05) is 0 Å². The molecule has 19 heavy (non-hydrogen) atoms. The van der Waals surface area contributed by atoms with E-state index >= 15 is 0 Å². The lowest BCUT2D eigenvalue weighted by molar-refractivity contribution is -0.127. The molecule has 0 saturated carbocycles. The van der Waals surface area contributed by atoms with Gasteiger partial charge in [0.1, 0.15) is 0 Å². The van der Waals surface area contributed by atoms with Gasteiger partial charge in [-0.25, -0.2) is 0 Å². The Kier molecular flexibility index (Phi) is 5.41. The van der Waals surface area contributed by atoms with Gasteiger partial charge in [0.2, 0.25) is 5.91 Å². The minimum atomic E-state index is -0.930. The molecule has 0 fully saturated rings. The number of aliphatic hydroxyl groups is 1. The third kappa shape index (κ3) is 5.23. The van der Waals surface area contributed by atoms with Crippen molar-refractivity contribution >= 4 is 35.2 Å². The molecule has 0 atom stereocenters. The molecule has 0 unspecified atom stereocenters. The first-order valence-corrected chi connectivity index (χ1v) is 6.56. The lowest BCUT2D eigenvalue weighted by Crippen LogP contribution is -2.38. The molecule has 0 radical (unpaired) electrons. The third-order valence-electron chi connectivity index (χ3n) is 2.39. The van der Waals surface area contributed by atoms with Crippen molar-refractivity contribution in [3.05, 3.63) is 39.9 Å². The van der Waals surface area contributed by atoms with Gasteiger partial charge in [0.15, 0.2) is 0 Å². The Labute approximate surface area is 123 Å². The molecule has 0 spiro atoms. The fourth-order valence-electron chi connectivity index (χ4n) is 1.61. The summed E-state index contributed by atoms with van der Waals surface area (Å²) in [4.78, 5) is 13.3. The summed E-state index contributed by atoms with van der Waals surface area (Å²) in [6.45, 7) is 3.53. The average Bonchev–Trinajstić information content (AvgIpc) is 2.25. The van der Waals surface area contributed by atoms with Crippen LogP contribution >= 0.6 is 23.2 Å². The van der Waals surface area contributed by atoms with Crippen molar-refractivity contribution in [2.75, 3.05) is 13.6 Å². The number of carbonyl (C=O) groups excluding carboxylic acids is 1. The molecule has 1 amide bonds. The lowest BCUT2D eigenvalue weighted by atomic mass is 10.1. The van der Waals surface area contributed by atoms with Gasteiger partial charge in [-0.3, -0.25) is 4.79 Å². The first-order chi connectivity index (χ1) is 8.70. The maximum atomic E-state index is 11.9. The largest absolute Gasteiger partial charge is 0.389 e. The topological polar surface area (TPSA) is 40.5 Å². The standard InChI is InChI=1S/C14H17Cl2NO2/c1-14(2,19)9-17(3)13(18)8-7-10-11(15)5-4-6-12(10)16/h4-8,19H,9H2,1-3H3/b8-7+. The number of rotatable bonds is 4. The summed E-state index contributed by atoms with van der Waals surface area (Å²) in [7, 11) is 1.62. The Morgan fingerprint density at radius 2 is 1.89 bits per heavy atom. The van der Waals surface area contributed by atoms with Crippen LogP contribution in [0.25, 0.3) is 6.08 Å². The van der Waals surface area contributed by atoms with Gasteiger partial charge in [0.25, 0.3) is 0 Å². The van der Waals surface area contributed by atoms with Crippen molar-refractivity contribution in [3.63, 3.8) is 0 Å². The number of halogens is 2. The van der Waals surface area contributed by atoms with E-state index in [1.165, 1.54) is 11.0 Å². The predicted octanol–water partition coefficient (Wildman–Crippen LogP) is 3.24. The first-order valence-electron chi connectivity index (χ1n) is 5.80. The molecule has 0 aliphatic carbocycles. The molecule has 1 rings (SSSR count). The highest BCUT2D eigenvalue weighted by molar-refractivity contribution is 6.37. The van der Waals surface area contributed by atoms with E-state index < -0.39 is 5.60 Å². The number of hydrogen-bond acceptors (Lipinski definition) is 2. The summed E-state index contributed by atoms with van der Waals surface area (Å²) in [5.41, 5.74) is -0.323. The Hall–Kier alpha value is -1.03. The molecular formula is C14H17Cl2NO2. The van der Waals surface area contributed by atoms with Crippen LogP contribution in [0.2, 0.25) is 10.0 Å². The second-order valence-electron chi connectivity index (χ2n) is 4.98. The third-order valence-corrected chi connectivity index (χ3v) is 3.05. The molecule has 0 heterocycles. The highest BCUT2D eigenvalue weighted by atomic mass is 35.5. The first kappa shape index (κ1) is 16.0. The van der Waals surface area contributed by atoms with Gasteiger partial charge in [-0.05, 0) is 32.1 Å². The SMILES string of the molecule is CN(CC(C)(C)O)C(=O)/C=C/c1c(Cl)cccc1Cl. The Morgan fingerprint density at radius 1 is 1.37 bits per heavy atom. The molecule has 1 aromatic carbocycles. The van der Waals surface area contributed by atoms with Crippen LogP contribution in [0.5, 0.6) is 0 Å². The summed E-state index contributed by atoms with van der Waals surface area (Å²) in [5, 5.41) is 10.6. The summed E-state index contributed by atoms with van der Waals surface area (Å²) in [5.74, 6) is -0.224. The zero-order chi connectivity index (χ0) is 14.6. The molecule has 1 N–H and O–H groups in total. The number of benzene rings is 1.